The Balaban J connectivity index is 4.42. The molecule has 0 fully saturated rings. The van der Waals surface area contributed by atoms with Gasteiger partial charge in [0.1, 0.15) is 12.7 Å². The van der Waals surface area contributed by atoms with Crippen LogP contribution in [0.4, 0.5) is 0 Å². The van der Waals surface area contributed by atoms with Crippen LogP contribution in [0.2, 0.25) is 0 Å². The molecule has 0 bridgehead atoms. The lowest BCUT2D eigenvalue weighted by Gasteiger charge is -2.20. The summed E-state index contributed by atoms with van der Waals surface area (Å²) in [5.74, 6) is -0.986. The SMILES string of the molecule is CC/C=C/C=C/C=C/C=C/CCCCCC(=O)OC(COC(=O)CCCCCCC/C=C/CCCCCCCCC)COP(=O)(O)OC[C@@H](O)CO. The molecule has 0 saturated heterocycles. The molecule has 0 spiro atoms. The first-order valence-electron chi connectivity index (χ1n) is 19.8. The van der Waals surface area contributed by atoms with E-state index in [-0.39, 0.29) is 19.4 Å². The number of aliphatic hydroxyl groups excluding tert-OH is 2. The molecule has 10 nitrogen and oxygen atoms in total. The van der Waals surface area contributed by atoms with Gasteiger partial charge >= 0.3 is 19.8 Å². The number of rotatable bonds is 36. The maximum absolute atomic E-state index is 12.5. The summed E-state index contributed by atoms with van der Waals surface area (Å²) in [6, 6.07) is 0. The highest BCUT2D eigenvalue weighted by Crippen LogP contribution is 2.43. The van der Waals surface area contributed by atoms with Crippen molar-refractivity contribution < 1.29 is 47.8 Å². The van der Waals surface area contributed by atoms with Crippen LogP contribution in [0.5, 0.6) is 0 Å². The van der Waals surface area contributed by atoms with Gasteiger partial charge in [0.25, 0.3) is 0 Å². The van der Waals surface area contributed by atoms with Gasteiger partial charge < -0.3 is 24.6 Å². The van der Waals surface area contributed by atoms with Crippen LogP contribution in [0.25, 0.3) is 0 Å². The fourth-order valence-corrected chi connectivity index (χ4v) is 5.73. The van der Waals surface area contributed by atoms with Crippen molar-refractivity contribution in [3.05, 3.63) is 60.8 Å². The highest BCUT2D eigenvalue weighted by Gasteiger charge is 2.27. The van der Waals surface area contributed by atoms with Crippen molar-refractivity contribution in [2.24, 2.45) is 0 Å². The van der Waals surface area contributed by atoms with Gasteiger partial charge in [-0.25, -0.2) is 4.57 Å². The number of hydrogen-bond donors (Lipinski definition) is 3. The molecule has 0 aliphatic heterocycles. The van der Waals surface area contributed by atoms with E-state index in [1.54, 1.807) is 0 Å². The summed E-state index contributed by atoms with van der Waals surface area (Å²) < 4.78 is 32.6. The van der Waals surface area contributed by atoms with Crippen molar-refractivity contribution in [2.45, 2.75) is 161 Å². The third kappa shape index (κ3) is 36.0. The number of phosphoric acid groups is 1. The van der Waals surface area contributed by atoms with Crippen LogP contribution in [0.3, 0.4) is 0 Å². The molecule has 52 heavy (non-hydrogen) atoms. The quantitative estimate of drug-likeness (QED) is 0.0186. The average molecular weight is 755 g/mol. The first-order chi connectivity index (χ1) is 25.2. The third-order valence-electron chi connectivity index (χ3n) is 8.00. The number of phosphoric ester groups is 1. The predicted octanol–water partition coefficient (Wildman–Crippen LogP) is 9.94. The van der Waals surface area contributed by atoms with Crippen LogP contribution in [0, 0.1) is 0 Å². The lowest BCUT2D eigenvalue weighted by molar-refractivity contribution is -0.161. The molecule has 3 atom stereocenters. The van der Waals surface area contributed by atoms with Crippen LogP contribution in [-0.2, 0) is 32.7 Å². The van der Waals surface area contributed by atoms with Crippen LogP contribution in [0.1, 0.15) is 149 Å². The molecule has 0 rings (SSSR count). The monoisotopic (exact) mass is 754 g/mol. The second-order valence-electron chi connectivity index (χ2n) is 13.0. The van der Waals surface area contributed by atoms with Crippen LogP contribution >= 0.6 is 7.82 Å². The number of ether oxygens (including phenoxy) is 2. The Kier molecular flexibility index (Phi) is 35.3. The number of carbonyl (C=O) groups excluding carboxylic acids is 2. The zero-order valence-electron chi connectivity index (χ0n) is 32.3. The molecule has 0 aliphatic rings. The Morgan fingerprint density at radius 2 is 1.08 bits per heavy atom. The van der Waals surface area contributed by atoms with Crippen molar-refractivity contribution in [3.63, 3.8) is 0 Å². The van der Waals surface area contributed by atoms with Gasteiger partial charge in [0.15, 0.2) is 6.10 Å². The molecule has 0 aliphatic carbocycles. The maximum atomic E-state index is 12.5. The Bertz CT molecular complexity index is 1050. The van der Waals surface area contributed by atoms with E-state index in [1.165, 1.54) is 44.9 Å². The molecule has 3 N–H and O–H groups in total. The summed E-state index contributed by atoms with van der Waals surface area (Å²) in [4.78, 5) is 34.8. The highest BCUT2D eigenvalue weighted by atomic mass is 31.2. The zero-order chi connectivity index (χ0) is 38.4. The second kappa shape index (κ2) is 37.0. The summed E-state index contributed by atoms with van der Waals surface area (Å²) in [5.41, 5.74) is 0. The van der Waals surface area contributed by atoms with E-state index >= 15 is 0 Å². The van der Waals surface area contributed by atoms with E-state index < -0.39 is 51.8 Å². The Labute approximate surface area is 315 Å². The van der Waals surface area contributed by atoms with Gasteiger partial charge in [0.05, 0.1) is 19.8 Å². The zero-order valence-corrected chi connectivity index (χ0v) is 33.1. The first kappa shape index (κ1) is 49.7. The van der Waals surface area contributed by atoms with Gasteiger partial charge in [0, 0.05) is 12.8 Å². The average Bonchev–Trinajstić information content (AvgIpc) is 3.13. The summed E-state index contributed by atoms with van der Waals surface area (Å²) >= 11 is 0. The predicted molar refractivity (Wildman–Crippen MR) is 210 cm³/mol. The van der Waals surface area contributed by atoms with E-state index in [2.05, 4.69) is 42.7 Å². The van der Waals surface area contributed by atoms with Crippen molar-refractivity contribution >= 4 is 19.8 Å². The van der Waals surface area contributed by atoms with Gasteiger partial charge in [-0.05, 0) is 57.8 Å². The largest absolute Gasteiger partial charge is 0.472 e. The van der Waals surface area contributed by atoms with E-state index in [4.69, 9.17) is 19.1 Å². The fraction of sp³-hybridized carbons (Fsp3) is 0.707. The van der Waals surface area contributed by atoms with Crippen molar-refractivity contribution in [2.75, 3.05) is 26.4 Å². The van der Waals surface area contributed by atoms with Crippen LogP contribution in [-0.4, -0.2) is 65.7 Å². The molecule has 300 valence electrons. The number of allylic oxidation sites excluding steroid dienone is 10. The maximum Gasteiger partial charge on any atom is 0.472 e. The van der Waals surface area contributed by atoms with Gasteiger partial charge in [-0.3, -0.25) is 18.6 Å². The number of esters is 2. The molecule has 0 radical (unpaired) electrons. The second-order valence-corrected chi connectivity index (χ2v) is 14.5. The van der Waals surface area contributed by atoms with Crippen LogP contribution in [0.15, 0.2) is 60.8 Å². The number of unbranched alkanes of at least 4 members (excludes halogenated alkanes) is 15. The molecular weight excluding hydrogens is 683 g/mol. The van der Waals surface area contributed by atoms with Gasteiger partial charge in [-0.2, -0.15) is 0 Å². The standard InChI is InChI=1S/C41H71O10P/c1-3-5-7-9-11-13-15-17-18-19-21-22-24-26-28-30-32-40(44)48-36-39(37-50-52(46,47)49-35-38(43)34-42)51-41(45)33-31-29-27-25-23-20-16-14-12-10-8-6-4-2/h6,8,10,12,14,16,18-20,23,38-39,42-43H,3-5,7,9,11,13,15,17,21-22,24-37H2,1-2H3,(H,46,47)/b8-6+,12-10+,16-14+,19-18+,23-20+/t38-,39?/m0/s1. The molecule has 0 saturated carbocycles. The number of hydrogen-bond acceptors (Lipinski definition) is 9. The molecule has 2 unspecified atom stereocenters. The Morgan fingerprint density at radius 1 is 0.596 bits per heavy atom. The molecule has 0 aromatic carbocycles. The van der Waals surface area contributed by atoms with Crippen molar-refractivity contribution in [1.29, 1.82) is 0 Å². The van der Waals surface area contributed by atoms with E-state index in [0.717, 1.165) is 64.2 Å². The van der Waals surface area contributed by atoms with Crippen molar-refractivity contribution in [1.82, 2.24) is 0 Å². The first-order valence-corrected chi connectivity index (χ1v) is 21.3. The van der Waals surface area contributed by atoms with Gasteiger partial charge in [-0.1, -0.05) is 139 Å². The molecule has 0 heterocycles. The van der Waals surface area contributed by atoms with E-state index in [0.29, 0.717) is 12.8 Å². The summed E-state index contributed by atoms with van der Waals surface area (Å²) in [7, 11) is -4.63. The topological polar surface area (TPSA) is 149 Å². The minimum Gasteiger partial charge on any atom is -0.462 e. The molecule has 0 aromatic rings. The molecular formula is C41H71O10P. The Morgan fingerprint density at radius 3 is 1.67 bits per heavy atom. The van der Waals surface area contributed by atoms with Crippen molar-refractivity contribution in [3.8, 4) is 0 Å². The lowest BCUT2D eigenvalue weighted by atomic mass is 10.1. The molecule has 11 heteroatoms. The highest BCUT2D eigenvalue weighted by molar-refractivity contribution is 7.47. The van der Waals surface area contributed by atoms with Crippen LogP contribution < -0.4 is 0 Å². The smallest absolute Gasteiger partial charge is 0.462 e. The minimum atomic E-state index is -4.63. The number of aliphatic hydroxyl groups is 2. The normalized spacial score (nSPS) is 14.6. The minimum absolute atomic E-state index is 0.134. The van der Waals surface area contributed by atoms with E-state index in [1.807, 2.05) is 36.5 Å². The third-order valence-corrected chi connectivity index (χ3v) is 8.95. The van der Waals surface area contributed by atoms with Gasteiger partial charge in [0.2, 0.25) is 0 Å². The summed E-state index contributed by atoms with van der Waals surface area (Å²) in [5, 5.41) is 18.3. The van der Waals surface area contributed by atoms with Gasteiger partial charge in [-0.15, -0.1) is 0 Å². The summed E-state index contributed by atoms with van der Waals surface area (Å²) in [6.07, 6.45) is 39.1. The summed E-state index contributed by atoms with van der Waals surface area (Å²) in [6.45, 7) is 2.16. The fourth-order valence-electron chi connectivity index (χ4n) is 4.94. The lowest BCUT2D eigenvalue weighted by Crippen LogP contribution is -2.29. The number of carbonyl (C=O) groups is 2. The molecule has 0 amide bonds. The Hall–Kier alpha value is -2.33. The molecule has 0 aromatic heterocycles. The van der Waals surface area contributed by atoms with E-state index in [9.17, 15) is 24.2 Å².